The van der Waals surface area contributed by atoms with Crippen LogP contribution in [0.5, 0.6) is 0 Å². The van der Waals surface area contributed by atoms with Gasteiger partial charge in [-0.05, 0) is 53.8 Å². The van der Waals surface area contributed by atoms with E-state index >= 15 is 0 Å². The van der Waals surface area contributed by atoms with Gasteiger partial charge >= 0.3 is 0 Å². The summed E-state index contributed by atoms with van der Waals surface area (Å²) in [5.74, 6) is -0.536. The number of benzene rings is 2. The zero-order chi connectivity index (χ0) is 22.5. The van der Waals surface area contributed by atoms with Crippen LogP contribution in [0.3, 0.4) is 0 Å². The van der Waals surface area contributed by atoms with Gasteiger partial charge in [0.05, 0.1) is 6.04 Å². The lowest BCUT2D eigenvalue weighted by Crippen LogP contribution is -2.46. The smallest absolute Gasteiger partial charge is 0.243 e. The highest BCUT2D eigenvalue weighted by Crippen LogP contribution is 2.31. The van der Waals surface area contributed by atoms with Gasteiger partial charge < -0.3 is 9.80 Å². The van der Waals surface area contributed by atoms with Crippen molar-refractivity contribution in [3.8, 4) is 0 Å². The Morgan fingerprint density at radius 1 is 1.06 bits per heavy atom. The second-order valence-electron chi connectivity index (χ2n) is 7.94. The SMILES string of the molecule is CCCN(C(=O)CN1C(=O)CCc2ccccc21)C(c1ccc(F)cc1)c1cccnc1. The van der Waals surface area contributed by atoms with E-state index in [1.54, 1.807) is 34.3 Å². The molecule has 1 atom stereocenters. The number of amides is 2. The summed E-state index contributed by atoms with van der Waals surface area (Å²) < 4.78 is 13.6. The Morgan fingerprint density at radius 2 is 1.84 bits per heavy atom. The molecule has 4 rings (SSSR count). The van der Waals surface area contributed by atoms with E-state index in [-0.39, 0.29) is 24.2 Å². The number of hydrogen-bond acceptors (Lipinski definition) is 3. The minimum atomic E-state index is -0.424. The fourth-order valence-electron chi connectivity index (χ4n) is 4.27. The zero-order valence-corrected chi connectivity index (χ0v) is 18.1. The van der Waals surface area contributed by atoms with E-state index in [0.717, 1.165) is 28.8 Å². The first-order chi connectivity index (χ1) is 15.6. The molecule has 1 aromatic heterocycles. The number of halogens is 1. The van der Waals surface area contributed by atoms with Gasteiger partial charge in [-0.3, -0.25) is 14.6 Å². The Bertz CT molecular complexity index is 1090. The van der Waals surface area contributed by atoms with E-state index in [1.165, 1.54) is 12.1 Å². The summed E-state index contributed by atoms with van der Waals surface area (Å²) in [4.78, 5) is 34.0. The number of aryl methyl sites for hydroxylation is 1. The largest absolute Gasteiger partial charge is 0.330 e. The van der Waals surface area contributed by atoms with Crippen LogP contribution >= 0.6 is 0 Å². The molecule has 0 N–H and O–H groups in total. The van der Waals surface area contributed by atoms with Crippen LogP contribution in [0.25, 0.3) is 0 Å². The Morgan fingerprint density at radius 3 is 2.56 bits per heavy atom. The number of hydrogen-bond donors (Lipinski definition) is 0. The molecule has 0 saturated carbocycles. The average molecular weight is 432 g/mol. The summed E-state index contributed by atoms with van der Waals surface area (Å²) in [7, 11) is 0. The molecule has 5 nitrogen and oxygen atoms in total. The monoisotopic (exact) mass is 431 g/mol. The third kappa shape index (κ3) is 4.54. The van der Waals surface area contributed by atoms with Gasteiger partial charge in [0.15, 0.2) is 0 Å². The van der Waals surface area contributed by atoms with Crippen LogP contribution in [0.1, 0.15) is 42.5 Å². The molecular weight excluding hydrogens is 405 g/mol. The summed E-state index contributed by atoms with van der Waals surface area (Å²) in [5, 5.41) is 0. The van der Waals surface area contributed by atoms with Crippen LogP contribution in [0.2, 0.25) is 0 Å². The van der Waals surface area contributed by atoms with E-state index in [4.69, 9.17) is 0 Å². The van der Waals surface area contributed by atoms with Gasteiger partial charge in [-0.1, -0.05) is 43.3 Å². The van der Waals surface area contributed by atoms with Crippen LogP contribution in [0.4, 0.5) is 10.1 Å². The van der Waals surface area contributed by atoms with E-state index in [1.807, 2.05) is 43.3 Å². The number of para-hydroxylation sites is 1. The molecule has 1 aliphatic heterocycles. The molecule has 32 heavy (non-hydrogen) atoms. The number of carbonyl (C=O) groups is 2. The van der Waals surface area contributed by atoms with Gasteiger partial charge in [0.25, 0.3) is 0 Å². The van der Waals surface area contributed by atoms with Crippen molar-refractivity contribution in [1.29, 1.82) is 0 Å². The van der Waals surface area contributed by atoms with E-state index in [0.29, 0.717) is 19.4 Å². The summed E-state index contributed by atoms with van der Waals surface area (Å²) in [6, 6.07) is 17.2. The van der Waals surface area contributed by atoms with Crippen LogP contribution in [-0.4, -0.2) is 34.8 Å². The summed E-state index contributed by atoms with van der Waals surface area (Å²) in [6.45, 7) is 2.47. The van der Waals surface area contributed by atoms with Crippen molar-refractivity contribution in [2.75, 3.05) is 18.0 Å². The van der Waals surface area contributed by atoms with Crippen LogP contribution in [0, 0.1) is 5.82 Å². The third-order valence-corrected chi connectivity index (χ3v) is 5.77. The fraction of sp³-hybridized carbons (Fsp3) is 0.269. The molecule has 0 fully saturated rings. The molecule has 1 aliphatic rings. The van der Waals surface area contributed by atoms with Crippen molar-refractivity contribution >= 4 is 17.5 Å². The second-order valence-corrected chi connectivity index (χ2v) is 7.94. The molecule has 1 unspecified atom stereocenters. The highest BCUT2D eigenvalue weighted by atomic mass is 19.1. The molecule has 6 heteroatoms. The number of fused-ring (bicyclic) bond motifs is 1. The van der Waals surface area contributed by atoms with E-state index < -0.39 is 6.04 Å². The normalized spacial score (nSPS) is 14.1. The number of anilines is 1. The Labute approximate surface area is 187 Å². The molecule has 0 radical (unpaired) electrons. The fourth-order valence-corrected chi connectivity index (χ4v) is 4.27. The van der Waals surface area contributed by atoms with Crippen LogP contribution in [-0.2, 0) is 16.0 Å². The maximum atomic E-state index is 13.6. The first kappa shape index (κ1) is 21.7. The third-order valence-electron chi connectivity index (χ3n) is 5.77. The van der Waals surface area contributed by atoms with Crippen molar-refractivity contribution in [1.82, 2.24) is 9.88 Å². The van der Waals surface area contributed by atoms with E-state index in [2.05, 4.69) is 4.98 Å². The minimum Gasteiger partial charge on any atom is -0.330 e. The molecule has 2 heterocycles. The quantitative estimate of drug-likeness (QED) is 0.552. The molecule has 2 aromatic carbocycles. The lowest BCUT2D eigenvalue weighted by Gasteiger charge is -2.35. The molecule has 0 saturated heterocycles. The lowest BCUT2D eigenvalue weighted by atomic mass is 9.97. The second kappa shape index (κ2) is 9.73. The molecule has 0 aliphatic carbocycles. The number of nitrogens with zero attached hydrogens (tertiary/aromatic N) is 3. The lowest BCUT2D eigenvalue weighted by molar-refractivity contribution is -0.133. The van der Waals surface area contributed by atoms with Crippen LogP contribution in [0.15, 0.2) is 73.1 Å². The molecular formula is C26H26FN3O2. The first-order valence-electron chi connectivity index (χ1n) is 10.9. The highest BCUT2D eigenvalue weighted by Gasteiger charge is 2.31. The van der Waals surface area contributed by atoms with Crippen molar-refractivity contribution in [3.63, 3.8) is 0 Å². The summed E-state index contributed by atoms with van der Waals surface area (Å²) >= 11 is 0. The van der Waals surface area contributed by atoms with Crippen molar-refractivity contribution < 1.29 is 14.0 Å². The predicted octanol–water partition coefficient (Wildman–Crippen LogP) is 4.53. The summed E-state index contributed by atoms with van der Waals surface area (Å²) in [5.41, 5.74) is 3.51. The molecule has 2 amide bonds. The maximum absolute atomic E-state index is 13.6. The van der Waals surface area contributed by atoms with E-state index in [9.17, 15) is 14.0 Å². The number of carbonyl (C=O) groups excluding carboxylic acids is 2. The Balaban J connectivity index is 1.69. The number of pyridine rings is 1. The highest BCUT2D eigenvalue weighted by molar-refractivity contribution is 6.01. The van der Waals surface area contributed by atoms with Gasteiger partial charge in [0.2, 0.25) is 11.8 Å². The minimum absolute atomic E-state index is 0.0339. The first-order valence-corrected chi connectivity index (χ1v) is 10.9. The van der Waals surface area contributed by atoms with Gasteiger partial charge in [-0.2, -0.15) is 0 Å². The van der Waals surface area contributed by atoms with Crippen molar-refractivity contribution in [2.45, 2.75) is 32.2 Å². The molecule has 3 aromatic rings. The molecule has 0 bridgehead atoms. The van der Waals surface area contributed by atoms with Gasteiger partial charge in [0.1, 0.15) is 12.4 Å². The van der Waals surface area contributed by atoms with Gasteiger partial charge in [-0.25, -0.2) is 4.39 Å². The Hall–Kier alpha value is -3.54. The Kier molecular flexibility index (Phi) is 6.59. The average Bonchev–Trinajstić information content (AvgIpc) is 2.82. The topological polar surface area (TPSA) is 53.5 Å². The van der Waals surface area contributed by atoms with Crippen molar-refractivity contribution in [3.05, 3.63) is 95.6 Å². The maximum Gasteiger partial charge on any atom is 0.243 e. The van der Waals surface area contributed by atoms with Gasteiger partial charge in [0, 0.05) is 31.0 Å². The van der Waals surface area contributed by atoms with Gasteiger partial charge in [-0.15, -0.1) is 0 Å². The zero-order valence-electron chi connectivity index (χ0n) is 18.1. The molecule has 0 spiro atoms. The number of aromatic nitrogens is 1. The van der Waals surface area contributed by atoms with Crippen molar-refractivity contribution in [2.24, 2.45) is 0 Å². The van der Waals surface area contributed by atoms with Crippen LogP contribution < -0.4 is 4.90 Å². The summed E-state index contributed by atoms with van der Waals surface area (Å²) in [6.07, 6.45) is 5.23. The predicted molar refractivity (Wildman–Crippen MR) is 122 cm³/mol. The standard InChI is InChI=1S/C26H26FN3O2/c1-2-16-29(25(32)18-30-23-8-4-3-6-19(23)11-14-24(30)31)26(21-7-5-15-28-17-21)20-9-12-22(27)13-10-20/h3-10,12-13,15,17,26H,2,11,14,16,18H2,1H3. The molecule has 164 valence electrons. The number of rotatable bonds is 7.